The highest BCUT2D eigenvalue weighted by atomic mass is 32.1. The summed E-state index contributed by atoms with van der Waals surface area (Å²) in [5.41, 5.74) is 0. The molecule has 0 saturated carbocycles. The second-order valence-corrected chi connectivity index (χ2v) is 4.32. The molecule has 0 spiro atoms. The predicted molar refractivity (Wildman–Crippen MR) is 59.3 cm³/mol. The number of hydrogen-bond acceptors (Lipinski definition) is 3. The molecule has 0 N–H and O–H groups in total. The number of thiophene rings is 1. The molecule has 78 valence electrons. The van der Waals surface area contributed by atoms with Crippen LogP contribution in [0.2, 0.25) is 0 Å². The summed E-state index contributed by atoms with van der Waals surface area (Å²) in [6, 6.07) is 3.86. The van der Waals surface area contributed by atoms with Crippen LogP contribution in [-0.4, -0.2) is 23.3 Å². The molecule has 0 bridgehead atoms. The topological polar surface area (TPSA) is 37.4 Å². The van der Waals surface area contributed by atoms with Gasteiger partial charge in [0.15, 0.2) is 0 Å². The number of imide groups is 1. The third kappa shape index (κ3) is 2.33. The van der Waals surface area contributed by atoms with Crippen LogP contribution < -0.4 is 0 Å². The van der Waals surface area contributed by atoms with Crippen LogP contribution in [-0.2, 0) is 9.59 Å². The molecule has 2 amide bonds. The summed E-state index contributed by atoms with van der Waals surface area (Å²) in [4.78, 5) is 25.2. The molecule has 0 atom stereocenters. The number of rotatable bonds is 2. The molecule has 0 aromatic carbocycles. The van der Waals surface area contributed by atoms with Gasteiger partial charge in [0.1, 0.15) is 0 Å². The Balaban J connectivity index is 2.00. The molecule has 1 aliphatic rings. The lowest BCUT2D eigenvalue weighted by molar-refractivity contribution is -0.138. The molecule has 1 aromatic heterocycles. The Kier molecular flexibility index (Phi) is 2.97. The van der Waals surface area contributed by atoms with E-state index in [4.69, 9.17) is 0 Å². The zero-order chi connectivity index (χ0) is 10.7. The fourth-order valence-corrected chi connectivity index (χ4v) is 2.13. The van der Waals surface area contributed by atoms with Gasteiger partial charge in [-0.25, -0.2) is 0 Å². The molecule has 15 heavy (non-hydrogen) atoms. The maximum Gasteiger partial charge on any atom is 0.253 e. The van der Waals surface area contributed by atoms with E-state index in [0.29, 0.717) is 13.0 Å². The smallest absolute Gasteiger partial charge is 0.253 e. The quantitative estimate of drug-likeness (QED) is 0.715. The maximum atomic E-state index is 11.6. The Morgan fingerprint density at radius 3 is 3.00 bits per heavy atom. The van der Waals surface area contributed by atoms with Crippen molar-refractivity contribution in [3.63, 3.8) is 0 Å². The van der Waals surface area contributed by atoms with Gasteiger partial charge in [0.25, 0.3) is 5.91 Å². The first-order chi connectivity index (χ1) is 7.27. The first-order valence-electron chi connectivity index (χ1n) is 4.83. The van der Waals surface area contributed by atoms with Gasteiger partial charge in [-0.15, -0.1) is 11.3 Å². The van der Waals surface area contributed by atoms with E-state index in [9.17, 15) is 9.59 Å². The van der Waals surface area contributed by atoms with Crippen LogP contribution in [0.25, 0.3) is 6.08 Å². The molecule has 1 aliphatic heterocycles. The number of amides is 2. The fraction of sp³-hybridized carbons (Fsp3) is 0.273. The van der Waals surface area contributed by atoms with Gasteiger partial charge in [-0.2, -0.15) is 0 Å². The van der Waals surface area contributed by atoms with Crippen LogP contribution in [0.4, 0.5) is 0 Å². The van der Waals surface area contributed by atoms with E-state index >= 15 is 0 Å². The highest BCUT2D eigenvalue weighted by Gasteiger charge is 2.24. The van der Waals surface area contributed by atoms with Crippen LogP contribution in [0.1, 0.15) is 17.7 Å². The summed E-state index contributed by atoms with van der Waals surface area (Å²) in [5, 5.41) is 1.95. The standard InChI is InChI=1S/C11H11NO2S/c13-10-4-1-7-12(10)11(14)6-5-9-3-2-8-15-9/h2-3,5-6,8H,1,4,7H2/b6-5+. The lowest BCUT2D eigenvalue weighted by Crippen LogP contribution is -2.30. The predicted octanol–water partition coefficient (Wildman–Crippen LogP) is 1.91. The van der Waals surface area contributed by atoms with Crippen LogP contribution in [0, 0.1) is 0 Å². The number of nitrogens with zero attached hydrogens (tertiary/aromatic N) is 1. The van der Waals surface area contributed by atoms with E-state index in [0.717, 1.165) is 11.3 Å². The minimum absolute atomic E-state index is 0.0594. The largest absolute Gasteiger partial charge is 0.279 e. The number of likely N-dealkylation sites (tertiary alicyclic amines) is 1. The zero-order valence-corrected chi connectivity index (χ0v) is 9.00. The summed E-state index contributed by atoms with van der Waals surface area (Å²) in [7, 11) is 0. The maximum absolute atomic E-state index is 11.6. The molecule has 0 unspecified atom stereocenters. The molecule has 0 radical (unpaired) electrons. The van der Waals surface area contributed by atoms with E-state index in [2.05, 4.69) is 0 Å². The van der Waals surface area contributed by atoms with E-state index in [1.807, 2.05) is 17.5 Å². The first-order valence-corrected chi connectivity index (χ1v) is 5.71. The van der Waals surface area contributed by atoms with Crippen molar-refractivity contribution in [2.45, 2.75) is 12.8 Å². The summed E-state index contributed by atoms with van der Waals surface area (Å²) in [5.74, 6) is -0.262. The molecular formula is C11H11NO2S. The van der Waals surface area contributed by atoms with E-state index < -0.39 is 0 Å². The highest BCUT2D eigenvalue weighted by molar-refractivity contribution is 7.10. The lowest BCUT2D eigenvalue weighted by Gasteiger charge is -2.09. The van der Waals surface area contributed by atoms with Crippen LogP contribution in [0.5, 0.6) is 0 Å². The van der Waals surface area contributed by atoms with Crippen molar-refractivity contribution < 1.29 is 9.59 Å². The van der Waals surface area contributed by atoms with Crippen molar-refractivity contribution in [3.05, 3.63) is 28.5 Å². The van der Waals surface area contributed by atoms with Crippen LogP contribution in [0.3, 0.4) is 0 Å². The first kappa shape index (κ1) is 10.1. The Hall–Kier alpha value is -1.42. The number of carbonyl (C=O) groups is 2. The van der Waals surface area contributed by atoms with Crippen molar-refractivity contribution in [2.75, 3.05) is 6.54 Å². The Morgan fingerprint density at radius 1 is 1.53 bits per heavy atom. The Labute approximate surface area is 92.0 Å². The minimum atomic E-state index is -0.203. The van der Waals surface area contributed by atoms with Crippen molar-refractivity contribution in [3.8, 4) is 0 Å². The van der Waals surface area contributed by atoms with Crippen molar-refractivity contribution in [1.82, 2.24) is 4.90 Å². The number of hydrogen-bond donors (Lipinski definition) is 0. The Bertz CT molecular complexity index is 395. The molecule has 1 saturated heterocycles. The van der Waals surface area contributed by atoms with Gasteiger partial charge in [-0.05, 0) is 23.9 Å². The zero-order valence-electron chi connectivity index (χ0n) is 8.18. The van der Waals surface area contributed by atoms with Gasteiger partial charge in [0, 0.05) is 23.9 Å². The molecule has 2 heterocycles. The van der Waals surface area contributed by atoms with Crippen molar-refractivity contribution >= 4 is 29.2 Å². The summed E-state index contributed by atoms with van der Waals surface area (Å²) < 4.78 is 0. The summed E-state index contributed by atoms with van der Waals surface area (Å²) in [6.07, 6.45) is 4.50. The van der Waals surface area contributed by atoms with Crippen LogP contribution >= 0.6 is 11.3 Å². The molecule has 3 nitrogen and oxygen atoms in total. The van der Waals surface area contributed by atoms with Crippen molar-refractivity contribution in [2.24, 2.45) is 0 Å². The minimum Gasteiger partial charge on any atom is -0.279 e. The summed E-state index contributed by atoms with van der Waals surface area (Å²) in [6.45, 7) is 0.562. The van der Waals surface area contributed by atoms with Gasteiger partial charge in [0.05, 0.1) is 0 Å². The monoisotopic (exact) mass is 221 g/mol. The molecule has 4 heteroatoms. The van der Waals surface area contributed by atoms with E-state index in [1.165, 1.54) is 11.0 Å². The van der Waals surface area contributed by atoms with E-state index in [1.54, 1.807) is 17.4 Å². The van der Waals surface area contributed by atoms with Crippen LogP contribution in [0.15, 0.2) is 23.6 Å². The molecular weight excluding hydrogens is 210 g/mol. The highest BCUT2D eigenvalue weighted by Crippen LogP contribution is 2.13. The van der Waals surface area contributed by atoms with Gasteiger partial charge in [-0.3, -0.25) is 14.5 Å². The van der Waals surface area contributed by atoms with Crippen molar-refractivity contribution in [1.29, 1.82) is 0 Å². The third-order valence-electron chi connectivity index (χ3n) is 2.27. The average molecular weight is 221 g/mol. The second-order valence-electron chi connectivity index (χ2n) is 3.34. The normalized spacial score (nSPS) is 16.5. The molecule has 0 aliphatic carbocycles. The fourth-order valence-electron chi connectivity index (χ4n) is 1.51. The van der Waals surface area contributed by atoms with Gasteiger partial charge in [-0.1, -0.05) is 6.07 Å². The number of carbonyl (C=O) groups excluding carboxylic acids is 2. The van der Waals surface area contributed by atoms with E-state index in [-0.39, 0.29) is 11.8 Å². The Morgan fingerprint density at radius 2 is 2.40 bits per heavy atom. The molecule has 1 fully saturated rings. The molecule has 1 aromatic rings. The molecule has 2 rings (SSSR count). The summed E-state index contributed by atoms with van der Waals surface area (Å²) >= 11 is 1.57. The van der Waals surface area contributed by atoms with Gasteiger partial charge >= 0.3 is 0 Å². The lowest BCUT2D eigenvalue weighted by atomic mass is 10.4. The third-order valence-corrected chi connectivity index (χ3v) is 3.11. The SMILES string of the molecule is O=C(/C=C/c1cccs1)N1CCCC1=O. The van der Waals surface area contributed by atoms with Gasteiger partial charge < -0.3 is 0 Å². The second kappa shape index (κ2) is 4.40. The average Bonchev–Trinajstić information content (AvgIpc) is 2.84. The van der Waals surface area contributed by atoms with Gasteiger partial charge in [0.2, 0.25) is 5.91 Å².